The van der Waals surface area contributed by atoms with Crippen LogP contribution < -0.4 is 0 Å². The number of alkyl halides is 3. The summed E-state index contributed by atoms with van der Waals surface area (Å²) < 4.78 is 37.8. The molecule has 3 rings (SSSR count). The lowest BCUT2D eigenvalue weighted by molar-refractivity contribution is -0.139. The topological polar surface area (TPSA) is 20.3 Å². The van der Waals surface area contributed by atoms with Crippen LogP contribution in [0.4, 0.5) is 13.2 Å². The van der Waals surface area contributed by atoms with Crippen molar-refractivity contribution in [3.63, 3.8) is 0 Å². The van der Waals surface area contributed by atoms with E-state index in [4.69, 9.17) is 0 Å². The first kappa shape index (κ1) is 14.8. The Morgan fingerprint density at radius 3 is 2.38 bits per heavy atom. The molecule has 114 valence electrons. The smallest absolute Gasteiger partial charge is 0.325 e. The highest BCUT2D eigenvalue weighted by Crippen LogP contribution is 2.41. The number of carbonyl (C=O) groups excluding carboxylic acids is 1. The molecule has 21 heavy (non-hydrogen) atoms. The molecule has 1 heterocycles. The van der Waals surface area contributed by atoms with Gasteiger partial charge in [0.15, 0.2) is 0 Å². The van der Waals surface area contributed by atoms with Crippen LogP contribution in [0.2, 0.25) is 0 Å². The van der Waals surface area contributed by atoms with Crippen molar-refractivity contribution in [2.75, 3.05) is 12.3 Å². The van der Waals surface area contributed by atoms with Gasteiger partial charge in [-0.25, -0.2) is 0 Å². The van der Waals surface area contributed by atoms with Gasteiger partial charge in [0.25, 0.3) is 0 Å². The predicted molar refractivity (Wildman–Crippen MR) is 75.7 cm³/mol. The second-order valence-corrected chi connectivity index (χ2v) is 6.69. The maximum absolute atomic E-state index is 12.6. The van der Waals surface area contributed by atoms with Crippen LogP contribution in [0, 0.1) is 5.92 Å². The Morgan fingerprint density at radius 2 is 1.86 bits per heavy atom. The minimum atomic E-state index is -4.32. The number of thioether (sulfide) groups is 1. The van der Waals surface area contributed by atoms with Crippen molar-refractivity contribution in [3.8, 4) is 0 Å². The Morgan fingerprint density at radius 1 is 1.19 bits per heavy atom. The minimum Gasteiger partial charge on any atom is -0.325 e. The van der Waals surface area contributed by atoms with Crippen LogP contribution >= 0.6 is 11.8 Å². The number of halogens is 3. The van der Waals surface area contributed by atoms with Crippen molar-refractivity contribution >= 4 is 17.7 Å². The minimum absolute atomic E-state index is 0.126. The van der Waals surface area contributed by atoms with Crippen LogP contribution in [0.1, 0.15) is 35.8 Å². The van der Waals surface area contributed by atoms with E-state index in [-0.39, 0.29) is 17.2 Å². The van der Waals surface area contributed by atoms with Crippen LogP contribution in [0.15, 0.2) is 24.3 Å². The van der Waals surface area contributed by atoms with Gasteiger partial charge < -0.3 is 4.90 Å². The summed E-state index contributed by atoms with van der Waals surface area (Å²) in [5.41, 5.74) is 0.129. The SMILES string of the molecule is O=C(C1CCC1)N1CCSC1c1ccc(C(F)(F)F)cc1. The van der Waals surface area contributed by atoms with Crippen molar-refractivity contribution in [2.24, 2.45) is 5.92 Å². The van der Waals surface area contributed by atoms with E-state index in [1.165, 1.54) is 12.1 Å². The molecule has 2 aliphatic rings. The summed E-state index contributed by atoms with van der Waals surface area (Å²) >= 11 is 1.62. The van der Waals surface area contributed by atoms with Crippen molar-refractivity contribution in [1.29, 1.82) is 0 Å². The van der Waals surface area contributed by atoms with Gasteiger partial charge in [-0.3, -0.25) is 4.79 Å². The summed E-state index contributed by atoms with van der Waals surface area (Å²) in [5.74, 6) is 1.13. The fourth-order valence-corrected chi connectivity index (χ4v) is 3.96. The van der Waals surface area contributed by atoms with E-state index in [1.54, 1.807) is 11.8 Å². The van der Waals surface area contributed by atoms with Gasteiger partial charge >= 0.3 is 6.18 Å². The summed E-state index contributed by atoms with van der Waals surface area (Å²) in [7, 11) is 0. The summed E-state index contributed by atoms with van der Waals surface area (Å²) in [5, 5.41) is -0.139. The zero-order valence-corrected chi connectivity index (χ0v) is 12.2. The Bertz CT molecular complexity index is 525. The average molecular weight is 315 g/mol. The van der Waals surface area contributed by atoms with Gasteiger partial charge in [-0.2, -0.15) is 13.2 Å². The lowest BCUT2D eigenvalue weighted by Gasteiger charge is -2.32. The van der Waals surface area contributed by atoms with Gasteiger partial charge in [-0.15, -0.1) is 11.8 Å². The van der Waals surface area contributed by atoms with Gasteiger partial charge in [0.1, 0.15) is 5.37 Å². The molecular formula is C15H16F3NOS. The fourth-order valence-electron chi connectivity index (χ4n) is 2.70. The van der Waals surface area contributed by atoms with Crippen molar-refractivity contribution in [1.82, 2.24) is 4.90 Å². The molecule has 2 nitrogen and oxygen atoms in total. The fraction of sp³-hybridized carbons (Fsp3) is 0.533. The van der Waals surface area contributed by atoms with Crippen LogP contribution in [0.25, 0.3) is 0 Å². The van der Waals surface area contributed by atoms with Gasteiger partial charge in [-0.05, 0) is 30.5 Å². The second-order valence-electron chi connectivity index (χ2n) is 5.50. The van der Waals surface area contributed by atoms with E-state index in [9.17, 15) is 18.0 Å². The normalized spacial score (nSPS) is 23.2. The molecule has 1 aliphatic carbocycles. The standard InChI is InChI=1S/C15H16F3NOS/c16-15(17,18)12-6-4-11(5-7-12)14-19(8-9-21-14)13(20)10-2-1-3-10/h4-7,10,14H,1-3,8-9H2. The highest BCUT2D eigenvalue weighted by atomic mass is 32.2. The number of rotatable bonds is 2. The van der Waals surface area contributed by atoms with Gasteiger partial charge in [0.2, 0.25) is 5.91 Å². The predicted octanol–water partition coefficient (Wildman–Crippen LogP) is 4.08. The molecule has 1 atom stereocenters. The zero-order chi connectivity index (χ0) is 15.0. The quantitative estimate of drug-likeness (QED) is 0.819. The maximum Gasteiger partial charge on any atom is 0.416 e. The molecule has 1 saturated heterocycles. The number of amides is 1. The number of hydrogen-bond donors (Lipinski definition) is 0. The van der Waals surface area contributed by atoms with Crippen molar-refractivity contribution in [2.45, 2.75) is 30.8 Å². The molecule has 1 aromatic rings. The Kier molecular flexibility index (Phi) is 3.90. The second kappa shape index (κ2) is 5.55. The van der Waals surface area contributed by atoms with Gasteiger partial charge in [-0.1, -0.05) is 18.6 Å². The maximum atomic E-state index is 12.6. The molecule has 1 saturated carbocycles. The van der Waals surface area contributed by atoms with Crippen LogP contribution in [-0.4, -0.2) is 23.1 Å². The molecule has 6 heteroatoms. The third kappa shape index (κ3) is 2.91. The third-order valence-electron chi connectivity index (χ3n) is 4.15. The Balaban J connectivity index is 1.77. The summed E-state index contributed by atoms with van der Waals surface area (Å²) in [6.45, 7) is 0.686. The largest absolute Gasteiger partial charge is 0.416 e. The third-order valence-corrected chi connectivity index (χ3v) is 5.41. The number of carbonyl (C=O) groups is 1. The van der Waals surface area contributed by atoms with E-state index in [0.717, 1.165) is 42.7 Å². The van der Waals surface area contributed by atoms with E-state index < -0.39 is 11.7 Å². The zero-order valence-electron chi connectivity index (χ0n) is 11.4. The molecular weight excluding hydrogens is 299 g/mol. The van der Waals surface area contributed by atoms with Crippen LogP contribution in [0.3, 0.4) is 0 Å². The summed E-state index contributed by atoms with van der Waals surface area (Å²) in [4.78, 5) is 14.2. The van der Waals surface area contributed by atoms with Gasteiger partial charge in [0.05, 0.1) is 5.56 Å². The first-order valence-corrected chi connectivity index (χ1v) is 8.11. The Labute approximate surface area is 125 Å². The molecule has 0 N–H and O–H groups in total. The van der Waals surface area contributed by atoms with Crippen LogP contribution in [0.5, 0.6) is 0 Å². The summed E-state index contributed by atoms with van der Waals surface area (Å²) in [6.07, 6.45) is -1.33. The lowest BCUT2D eigenvalue weighted by Crippen LogP contribution is -2.38. The highest BCUT2D eigenvalue weighted by Gasteiger charge is 2.37. The first-order valence-electron chi connectivity index (χ1n) is 7.06. The molecule has 0 bridgehead atoms. The average Bonchev–Trinajstić information content (AvgIpc) is 2.84. The van der Waals surface area contributed by atoms with E-state index in [0.29, 0.717) is 6.54 Å². The molecule has 0 spiro atoms. The molecule has 1 aliphatic heterocycles. The van der Waals surface area contributed by atoms with E-state index >= 15 is 0 Å². The molecule has 1 unspecified atom stereocenters. The van der Waals surface area contributed by atoms with Crippen molar-refractivity contribution in [3.05, 3.63) is 35.4 Å². The van der Waals surface area contributed by atoms with E-state index in [1.807, 2.05) is 4.90 Å². The lowest BCUT2D eigenvalue weighted by atomic mass is 9.84. The number of benzene rings is 1. The Hall–Kier alpha value is -1.17. The van der Waals surface area contributed by atoms with Crippen molar-refractivity contribution < 1.29 is 18.0 Å². The number of hydrogen-bond acceptors (Lipinski definition) is 2. The van der Waals surface area contributed by atoms with Crippen LogP contribution in [-0.2, 0) is 11.0 Å². The number of nitrogens with zero attached hydrogens (tertiary/aromatic N) is 1. The van der Waals surface area contributed by atoms with Gasteiger partial charge in [0, 0.05) is 18.2 Å². The molecule has 0 aromatic heterocycles. The molecule has 0 radical (unpaired) electrons. The molecule has 1 aromatic carbocycles. The summed E-state index contributed by atoms with van der Waals surface area (Å²) in [6, 6.07) is 5.18. The molecule has 1 amide bonds. The highest BCUT2D eigenvalue weighted by molar-refractivity contribution is 7.99. The van der Waals surface area contributed by atoms with E-state index in [2.05, 4.69) is 0 Å². The monoisotopic (exact) mass is 315 g/mol. The molecule has 2 fully saturated rings. The first-order chi connectivity index (χ1) is 9.97.